The van der Waals surface area contributed by atoms with E-state index in [0.717, 1.165) is 25.9 Å². The van der Waals surface area contributed by atoms with Crippen LogP contribution in [-0.4, -0.2) is 42.5 Å². The average molecular weight is 209 g/mol. The molecule has 1 saturated heterocycles. The maximum atomic E-state index is 11.9. The zero-order valence-corrected chi connectivity index (χ0v) is 9.57. The van der Waals surface area contributed by atoms with Crippen LogP contribution in [0.25, 0.3) is 0 Å². The van der Waals surface area contributed by atoms with E-state index in [0.29, 0.717) is 5.92 Å². The summed E-state index contributed by atoms with van der Waals surface area (Å²) in [7, 11) is 1.68. The van der Waals surface area contributed by atoms with E-state index in [1.165, 1.54) is 11.3 Å². The Hall–Kier alpha value is -1.24. The second-order valence-electron chi connectivity index (χ2n) is 4.16. The van der Waals surface area contributed by atoms with Crippen LogP contribution in [0.15, 0.2) is 0 Å². The van der Waals surface area contributed by atoms with Gasteiger partial charge in [0.2, 0.25) is 0 Å². The van der Waals surface area contributed by atoms with E-state index in [1.54, 1.807) is 7.05 Å². The maximum Gasteiger partial charge on any atom is 0.320 e. The van der Waals surface area contributed by atoms with Crippen molar-refractivity contribution >= 4 is 6.03 Å². The number of amides is 2. The average Bonchev–Trinajstić information content (AvgIpc) is 2.28. The monoisotopic (exact) mass is 209 g/mol. The normalized spacial score (nSPS) is 20.9. The van der Waals surface area contributed by atoms with E-state index >= 15 is 0 Å². The van der Waals surface area contributed by atoms with Crippen LogP contribution in [0.4, 0.5) is 4.79 Å². The predicted molar refractivity (Wildman–Crippen MR) is 58.2 cm³/mol. The van der Waals surface area contributed by atoms with Crippen LogP contribution in [0.1, 0.15) is 26.2 Å². The molecule has 0 aromatic rings. The highest BCUT2D eigenvalue weighted by Crippen LogP contribution is 2.19. The van der Waals surface area contributed by atoms with Gasteiger partial charge in [-0.2, -0.15) is 5.26 Å². The van der Waals surface area contributed by atoms with E-state index < -0.39 is 0 Å². The number of carbonyl (C=O) groups is 1. The highest BCUT2D eigenvalue weighted by atomic mass is 16.2. The molecule has 1 heterocycles. The van der Waals surface area contributed by atoms with Gasteiger partial charge in [0.15, 0.2) is 0 Å². The lowest BCUT2D eigenvalue weighted by atomic mass is 9.96. The Morgan fingerprint density at radius 1 is 1.67 bits per heavy atom. The molecule has 0 aromatic heterocycles. The first-order chi connectivity index (χ1) is 7.19. The molecule has 2 amide bonds. The van der Waals surface area contributed by atoms with Crippen LogP contribution in [0.5, 0.6) is 0 Å². The van der Waals surface area contributed by atoms with Crippen LogP contribution in [0, 0.1) is 17.2 Å². The molecule has 1 fully saturated rings. The lowest BCUT2D eigenvalue weighted by molar-refractivity contribution is 0.138. The number of nitrogens with zero attached hydrogens (tertiary/aromatic N) is 3. The van der Waals surface area contributed by atoms with Crippen molar-refractivity contribution in [1.29, 1.82) is 5.26 Å². The minimum absolute atomic E-state index is 0.00491. The zero-order chi connectivity index (χ0) is 11.3. The summed E-state index contributed by atoms with van der Waals surface area (Å²) in [6.07, 6.45) is 3.44. The van der Waals surface area contributed by atoms with Gasteiger partial charge in [-0.05, 0) is 18.8 Å². The van der Waals surface area contributed by atoms with Crippen molar-refractivity contribution in [1.82, 2.24) is 9.80 Å². The van der Waals surface area contributed by atoms with E-state index in [-0.39, 0.29) is 12.6 Å². The Kier molecular flexibility index (Phi) is 4.41. The first-order valence-electron chi connectivity index (χ1n) is 5.56. The van der Waals surface area contributed by atoms with Crippen LogP contribution >= 0.6 is 0 Å². The van der Waals surface area contributed by atoms with E-state index in [1.807, 2.05) is 11.0 Å². The summed E-state index contributed by atoms with van der Waals surface area (Å²) in [6.45, 7) is 4.03. The standard InChI is InChI=1S/C11H19N3O/c1-3-10-5-4-7-14(9-10)11(15)13(2)8-6-12/h10H,3-5,7-9H2,1-2H3/t10-/m1/s1. The Labute approximate surface area is 91.5 Å². The van der Waals surface area contributed by atoms with Gasteiger partial charge in [-0.1, -0.05) is 13.3 Å². The van der Waals surface area contributed by atoms with Crippen molar-refractivity contribution in [3.05, 3.63) is 0 Å². The summed E-state index contributed by atoms with van der Waals surface area (Å²) >= 11 is 0. The molecule has 1 aliphatic heterocycles. The molecular formula is C11H19N3O. The summed E-state index contributed by atoms with van der Waals surface area (Å²) in [5.41, 5.74) is 0. The van der Waals surface area contributed by atoms with Crippen molar-refractivity contribution in [3.63, 3.8) is 0 Å². The molecule has 0 N–H and O–H groups in total. The predicted octanol–water partition coefficient (Wildman–Crippen LogP) is 1.68. The first kappa shape index (κ1) is 11.8. The second kappa shape index (κ2) is 5.59. The number of likely N-dealkylation sites (tertiary alicyclic amines) is 1. The van der Waals surface area contributed by atoms with Gasteiger partial charge in [0.25, 0.3) is 0 Å². The highest BCUT2D eigenvalue weighted by Gasteiger charge is 2.24. The lowest BCUT2D eigenvalue weighted by Crippen LogP contribution is -2.46. The van der Waals surface area contributed by atoms with Gasteiger partial charge in [-0.15, -0.1) is 0 Å². The third-order valence-corrected chi connectivity index (χ3v) is 3.00. The molecule has 0 aliphatic carbocycles. The Morgan fingerprint density at radius 3 is 3.00 bits per heavy atom. The van der Waals surface area contributed by atoms with Gasteiger partial charge in [0.05, 0.1) is 6.07 Å². The van der Waals surface area contributed by atoms with Crippen molar-refractivity contribution in [2.24, 2.45) is 5.92 Å². The number of rotatable bonds is 2. The molecule has 15 heavy (non-hydrogen) atoms. The number of hydrogen-bond donors (Lipinski definition) is 0. The number of urea groups is 1. The fraction of sp³-hybridized carbons (Fsp3) is 0.818. The molecule has 0 bridgehead atoms. The molecule has 0 saturated carbocycles. The molecule has 0 spiro atoms. The second-order valence-corrected chi connectivity index (χ2v) is 4.16. The molecule has 0 radical (unpaired) electrons. The van der Waals surface area contributed by atoms with Crippen LogP contribution in [0.3, 0.4) is 0 Å². The number of piperidine rings is 1. The topological polar surface area (TPSA) is 47.3 Å². The molecule has 1 aliphatic rings. The van der Waals surface area contributed by atoms with Gasteiger partial charge < -0.3 is 9.80 Å². The van der Waals surface area contributed by atoms with Gasteiger partial charge in [-0.3, -0.25) is 0 Å². The van der Waals surface area contributed by atoms with Crippen molar-refractivity contribution in [3.8, 4) is 6.07 Å². The smallest absolute Gasteiger partial charge is 0.320 e. The number of carbonyl (C=O) groups excluding carboxylic acids is 1. The number of hydrogen-bond acceptors (Lipinski definition) is 2. The van der Waals surface area contributed by atoms with Gasteiger partial charge in [0, 0.05) is 20.1 Å². The summed E-state index contributed by atoms with van der Waals surface area (Å²) in [4.78, 5) is 15.2. The summed E-state index contributed by atoms with van der Waals surface area (Å²) in [6, 6.07) is 1.99. The SMILES string of the molecule is CC[C@@H]1CCCN(C(=O)N(C)CC#N)C1. The van der Waals surface area contributed by atoms with E-state index in [4.69, 9.17) is 5.26 Å². The molecule has 4 nitrogen and oxygen atoms in total. The molecule has 4 heteroatoms. The Bertz CT molecular complexity index is 259. The largest absolute Gasteiger partial charge is 0.324 e. The van der Waals surface area contributed by atoms with Crippen LogP contribution in [-0.2, 0) is 0 Å². The minimum Gasteiger partial charge on any atom is -0.324 e. The fourth-order valence-corrected chi connectivity index (χ4v) is 1.99. The van der Waals surface area contributed by atoms with Gasteiger partial charge >= 0.3 is 6.03 Å². The summed E-state index contributed by atoms with van der Waals surface area (Å²) in [5.74, 6) is 0.637. The zero-order valence-electron chi connectivity index (χ0n) is 9.57. The third kappa shape index (κ3) is 3.12. The van der Waals surface area contributed by atoms with Gasteiger partial charge in [-0.25, -0.2) is 4.79 Å². The maximum absolute atomic E-state index is 11.9. The minimum atomic E-state index is -0.00491. The van der Waals surface area contributed by atoms with Crippen molar-refractivity contribution < 1.29 is 4.79 Å². The molecule has 0 aromatic carbocycles. The quantitative estimate of drug-likeness (QED) is 0.650. The van der Waals surface area contributed by atoms with Crippen molar-refractivity contribution in [2.45, 2.75) is 26.2 Å². The van der Waals surface area contributed by atoms with E-state index in [2.05, 4.69) is 6.92 Å². The molecule has 84 valence electrons. The third-order valence-electron chi connectivity index (χ3n) is 3.00. The van der Waals surface area contributed by atoms with Crippen molar-refractivity contribution in [2.75, 3.05) is 26.7 Å². The van der Waals surface area contributed by atoms with Gasteiger partial charge in [0.1, 0.15) is 6.54 Å². The summed E-state index contributed by atoms with van der Waals surface area (Å²) < 4.78 is 0. The van der Waals surface area contributed by atoms with E-state index in [9.17, 15) is 4.79 Å². The van der Waals surface area contributed by atoms with Crippen LogP contribution < -0.4 is 0 Å². The molecule has 1 atom stereocenters. The lowest BCUT2D eigenvalue weighted by Gasteiger charge is -2.34. The number of nitriles is 1. The molecule has 1 rings (SSSR count). The Balaban J connectivity index is 2.49. The first-order valence-corrected chi connectivity index (χ1v) is 5.56. The molecule has 0 unspecified atom stereocenters. The summed E-state index contributed by atoms with van der Waals surface area (Å²) in [5, 5.41) is 8.52. The Morgan fingerprint density at radius 2 is 2.40 bits per heavy atom. The molecular weight excluding hydrogens is 190 g/mol. The van der Waals surface area contributed by atoms with Crippen LogP contribution in [0.2, 0.25) is 0 Å². The fourth-order valence-electron chi connectivity index (χ4n) is 1.99. The highest BCUT2D eigenvalue weighted by molar-refractivity contribution is 5.74.